The van der Waals surface area contributed by atoms with Crippen LogP contribution in [0.1, 0.15) is 48.4 Å². The van der Waals surface area contributed by atoms with Crippen molar-refractivity contribution >= 4 is 23.4 Å². The standard InChI is InChI=1S/C22H23F3N4O3/c1-22(24,25)15-6-5-13(7-16(15)23)18(11-32-2)28-21(31)29-10-19(30)27-17-8-14(12-3-4-12)9-26-20(17)29/h5-9,12,18H,3-4,10-11H2,1-2H3,(H,27,30)(H,28,31). The maximum absolute atomic E-state index is 14.3. The monoisotopic (exact) mass is 448 g/mol. The lowest BCUT2D eigenvalue weighted by Gasteiger charge is -2.30. The number of amides is 3. The van der Waals surface area contributed by atoms with Crippen LogP contribution < -0.4 is 15.5 Å². The van der Waals surface area contributed by atoms with Crippen LogP contribution in [0.2, 0.25) is 0 Å². The number of rotatable bonds is 6. The van der Waals surface area contributed by atoms with Gasteiger partial charge in [-0.1, -0.05) is 6.07 Å². The number of anilines is 2. The fourth-order valence-electron chi connectivity index (χ4n) is 3.72. The van der Waals surface area contributed by atoms with Gasteiger partial charge in [0.05, 0.1) is 23.9 Å². The Morgan fingerprint density at radius 3 is 2.75 bits per heavy atom. The van der Waals surface area contributed by atoms with Crippen LogP contribution in [0.3, 0.4) is 0 Å². The third kappa shape index (κ3) is 4.55. The second-order valence-corrected chi connectivity index (χ2v) is 8.13. The molecule has 1 unspecified atom stereocenters. The molecule has 10 heteroatoms. The van der Waals surface area contributed by atoms with Crippen molar-refractivity contribution in [2.45, 2.75) is 37.6 Å². The molecule has 4 rings (SSSR count). The van der Waals surface area contributed by atoms with Crippen molar-refractivity contribution in [3.63, 3.8) is 0 Å². The Morgan fingerprint density at radius 1 is 1.38 bits per heavy atom. The van der Waals surface area contributed by atoms with Gasteiger partial charge in [0.2, 0.25) is 5.91 Å². The van der Waals surface area contributed by atoms with Gasteiger partial charge in [-0.3, -0.25) is 9.69 Å². The lowest BCUT2D eigenvalue weighted by Crippen LogP contribution is -2.49. The van der Waals surface area contributed by atoms with Crippen molar-refractivity contribution in [2.75, 3.05) is 30.5 Å². The van der Waals surface area contributed by atoms with Crippen LogP contribution in [0.4, 0.5) is 29.5 Å². The van der Waals surface area contributed by atoms with Gasteiger partial charge in [-0.05, 0) is 48.1 Å². The minimum Gasteiger partial charge on any atom is -0.382 e. The number of alkyl halides is 2. The number of carbonyl (C=O) groups excluding carboxylic acids is 2. The number of benzene rings is 1. The minimum atomic E-state index is -3.33. The maximum atomic E-state index is 14.3. The molecule has 32 heavy (non-hydrogen) atoms. The van der Waals surface area contributed by atoms with Gasteiger partial charge < -0.3 is 15.4 Å². The van der Waals surface area contributed by atoms with Crippen LogP contribution in [0.25, 0.3) is 0 Å². The Morgan fingerprint density at radius 2 is 2.12 bits per heavy atom. The highest BCUT2D eigenvalue weighted by atomic mass is 19.3. The van der Waals surface area contributed by atoms with E-state index < -0.39 is 29.4 Å². The lowest BCUT2D eigenvalue weighted by molar-refractivity contribution is -0.115. The van der Waals surface area contributed by atoms with E-state index in [4.69, 9.17) is 4.74 Å². The molecule has 1 aromatic heterocycles. The largest absolute Gasteiger partial charge is 0.382 e. The summed E-state index contributed by atoms with van der Waals surface area (Å²) in [4.78, 5) is 30.8. The summed E-state index contributed by atoms with van der Waals surface area (Å²) in [5, 5.41) is 5.43. The molecule has 3 amide bonds. The fraction of sp³-hybridized carbons (Fsp3) is 0.409. The smallest absolute Gasteiger partial charge is 0.324 e. The van der Waals surface area contributed by atoms with Crippen LogP contribution in [0.5, 0.6) is 0 Å². The normalized spacial score (nSPS) is 16.9. The van der Waals surface area contributed by atoms with Crippen LogP contribution in [0.15, 0.2) is 30.5 Å². The summed E-state index contributed by atoms with van der Waals surface area (Å²) in [5.41, 5.74) is 0.974. The first-order valence-electron chi connectivity index (χ1n) is 10.2. The van der Waals surface area contributed by atoms with Gasteiger partial charge in [0, 0.05) is 20.2 Å². The molecule has 0 saturated heterocycles. The molecule has 1 aliphatic heterocycles. The first-order valence-corrected chi connectivity index (χ1v) is 10.2. The number of hydrogen-bond acceptors (Lipinski definition) is 4. The molecule has 2 N–H and O–H groups in total. The number of nitrogens with one attached hydrogen (secondary N) is 2. The zero-order valence-electron chi connectivity index (χ0n) is 17.6. The number of urea groups is 1. The highest BCUT2D eigenvalue weighted by Gasteiger charge is 2.33. The van der Waals surface area contributed by atoms with Gasteiger partial charge in [-0.25, -0.2) is 22.9 Å². The molecule has 0 bridgehead atoms. The van der Waals surface area contributed by atoms with Crippen LogP contribution in [-0.2, 0) is 15.5 Å². The van der Waals surface area contributed by atoms with Crippen molar-refractivity contribution in [1.82, 2.24) is 10.3 Å². The van der Waals surface area contributed by atoms with E-state index in [0.29, 0.717) is 24.3 Å². The molecule has 1 atom stereocenters. The van der Waals surface area contributed by atoms with Crippen molar-refractivity contribution in [3.05, 3.63) is 53.0 Å². The molecule has 1 aromatic carbocycles. The molecule has 2 aliphatic rings. The molecule has 1 saturated carbocycles. The van der Waals surface area contributed by atoms with Gasteiger partial charge in [0.15, 0.2) is 5.82 Å². The zero-order chi connectivity index (χ0) is 23.0. The Balaban J connectivity index is 1.57. The molecule has 0 radical (unpaired) electrons. The van der Waals surface area contributed by atoms with Crippen molar-refractivity contribution in [1.29, 1.82) is 0 Å². The molecular weight excluding hydrogens is 425 g/mol. The first kappa shape index (κ1) is 22.1. The number of aromatic nitrogens is 1. The van der Waals surface area contributed by atoms with E-state index in [1.807, 2.05) is 6.07 Å². The SMILES string of the molecule is COCC(NC(=O)N1CC(=O)Nc2cc(C3CC3)cnc21)c1ccc(C(C)(F)F)c(F)c1. The fourth-order valence-corrected chi connectivity index (χ4v) is 3.72. The lowest BCUT2D eigenvalue weighted by atomic mass is 10.0. The number of fused-ring (bicyclic) bond motifs is 1. The molecule has 1 fully saturated rings. The number of nitrogens with zero attached hydrogens (tertiary/aromatic N) is 2. The van der Waals surface area contributed by atoms with Gasteiger partial charge in [-0.15, -0.1) is 0 Å². The van der Waals surface area contributed by atoms with Crippen LogP contribution in [-0.4, -0.2) is 37.2 Å². The van der Waals surface area contributed by atoms with Crippen LogP contribution >= 0.6 is 0 Å². The maximum Gasteiger partial charge on any atom is 0.324 e. The van der Waals surface area contributed by atoms with Gasteiger partial charge >= 0.3 is 6.03 Å². The van der Waals surface area contributed by atoms with E-state index in [-0.39, 0.29) is 24.6 Å². The summed E-state index contributed by atoms with van der Waals surface area (Å²) in [6, 6.07) is 3.61. The summed E-state index contributed by atoms with van der Waals surface area (Å²) < 4.78 is 46.5. The van der Waals surface area contributed by atoms with E-state index in [1.54, 1.807) is 6.20 Å². The second kappa shape index (κ2) is 8.42. The van der Waals surface area contributed by atoms with Gasteiger partial charge in [0.1, 0.15) is 12.4 Å². The van der Waals surface area contributed by atoms with E-state index >= 15 is 0 Å². The number of ether oxygens (including phenoxy) is 1. The summed E-state index contributed by atoms with van der Waals surface area (Å²) in [5.74, 6) is -4.06. The Kier molecular flexibility index (Phi) is 5.81. The molecule has 7 nitrogen and oxygen atoms in total. The van der Waals surface area contributed by atoms with Gasteiger partial charge in [-0.2, -0.15) is 0 Å². The number of pyridine rings is 1. The molecule has 170 valence electrons. The predicted octanol–water partition coefficient (Wildman–Crippen LogP) is 4.07. The molecule has 2 heterocycles. The Bertz CT molecular complexity index is 1050. The molecule has 0 spiro atoms. The summed E-state index contributed by atoms with van der Waals surface area (Å²) in [7, 11) is 1.40. The van der Waals surface area contributed by atoms with Crippen molar-refractivity contribution < 1.29 is 27.5 Å². The summed E-state index contributed by atoms with van der Waals surface area (Å²) in [6.07, 6.45) is 3.83. The van der Waals surface area contributed by atoms with E-state index in [9.17, 15) is 22.8 Å². The summed E-state index contributed by atoms with van der Waals surface area (Å²) in [6.45, 7) is 0.331. The molecular formula is C22H23F3N4O3. The number of hydrogen-bond donors (Lipinski definition) is 2. The highest BCUT2D eigenvalue weighted by molar-refractivity contribution is 6.08. The predicted molar refractivity (Wildman–Crippen MR) is 111 cm³/mol. The number of carbonyl (C=O) groups is 2. The third-order valence-corrected chi connectivity index (χ3v) is 5.51. The molecule has 2 aromatic rings. The summed E-state index contributed by atoms with van der Waals surface area (Å²) >= 11 is 0. The van der Waals surface area contributed by atoms with Gasteiger partial charge in [0.25, 0.3) is 5.92 Å². The highest BCUT2D eigenvalue weighted by Crippen LogP contribution is 2.42. The quantitative estimate of drug-likeness (QED) is 0.698. The van der Waals surface area contributed by atoms with E-state index in [0.717, 1.165) is 30.5 Å². The van der Waals surface area contributed by atoms with E-state index in [1.165, 1.54) is 18.1 Å². The zero-order valence-corrected chi connectivity index (χ0v) is 17.6. The van der Waals surface area contributed by atoms with Crippen molar-refractivity contribution in [2.24, 2.45) is 0 Å². The number of methoxy groups -OCH3 is 1. The minimum absolute atomic E-state index is 0.0337. The average Bonchev–Trinajstić information content (AvgIpc) is 3.56. The number of halogens is 3. The third-order valence-electron chi connectivity index (χ3n) is 5.51. The van der Waals surface area contributed by atoms with Crippen LogP contribution in [0, 0.1) is 5.82 Å². The molecule has 1 aliphatic carbocycles. The average molecular weight is 448 g/mol. The van der Waals surface area contributed by atoms with Crippen molar-refractivity contribution in [3.8, 4) is 0 Å². The topological polar surface area (TPSA) is 83.6 Å². The Hall–Kier alpha value is -3.14. The first-order chi connectivity index (χ1) is 15.2. The second-order valence-electron chi connectivity index (χ2n) is 8.13. The van der Waals surface area contributed by atoms with E-state index in [2.05, 4.69) is 15.6 Å². The Labute approximate surface area is 183 Å².